The van der Waals surface area contributed by atoms with Crippen LogP contribution in [0.4, 0.5) is 18.9 Å². The number of hydrogen-bond acceptors (Lipinski definition) is 1. The maximum absolute atomic E-state index is 13.3. The summed E-state index contributed by atoms with van der Waals surface area (Å²) in [5, 5.41) is -0.240. The molecule has 120 valence electrons. The Balaban J connectivity index is 2.62. The third-order valence-corrected chi connectivity index (χ3v) is 4.36. The third kappa shape index (κ3) is 3.55. The van der Waals surface area contributed by atoms with Crippen LogP contribution in [0, 0.1) is 0 Å². The van der Waals surface area contributed by atoms with Crippen LogP contribution in [0.25, 0.3) is 0 Å². The van der Waals surface area contributed by atoms with E-state index in [1.54, 1.807) is 19.0 Å². The largest absolute Gasteiger partial charge is 0.416 e. The first-order valence-electron chi connectivity index (χ1n) is 6.38. The second kappa shape index (κ2) is 6.34. The van der Waals surface area contributed by atoms with Gasteiger partial charge in [0.1, 0.15) is 0 Å². The van der Waals surface area contributed by atoms with Crippen LogP contribution in [0.2, 0.25) is 0 Å². The molecule has 0 heterocycles. The Morgan fingerprint density at radius 3 is 2.27 bits per heavy atom. The molecule has 0 aromatic heterocycles. The van der Waals surface area contributed by atoms with Crippen LogP contribution in [-0.4, -0.2) is 19.5 Å². The molecule has 0 spiro atoms. The molecule has 1 aromatic carbocycles. The molecule has 1 aromatic rings. The number of hydrogen-bond donors (Lipinski definition) is 0. The SMILES string of the molecule is CN(C)c1ccc(C(F)(F)F)c(C2C(Cl)=CC(Cl)=CC2Cl)c1. The van der Waals surface area contributed by atoms with Gasteiger partial charge < -0.3 is 4.90 Å². The van der Waals surface area contributed by atoms with Crippen molar-refractivity contribution in [2.75, 3.05) is 19.0 Å². The van der Waals surface area contributed by atoms with E-state index in [1.807, 2.05) is 0 Å². The summed E-state index contributed by atoms with van der Waals surface area (Å²) in [4.78, 5) is 1.72. The molecule has 0 N–H and O–H groups in total. The molecule has 1 nitrogen and oxygen atoms in total. The number of rotatable bonds is 2. The van der Waals surface area contributed by atoms with Gasteiger partial charge in [-0.3, -0.25) is 0 Å². The highest BCUT2D eigenvalue weighted by Crippen LogP contribution is 2.45. The average Bonchev–Trinajstić information content (AvgIpc) is 2.35. The van der Waals surface area contributed by atoms with Crippen molar-refractivity contribution < 1.29 is 13.2 Å². The minimum absolute atomic E-state index is 0.0420. The van der Waals surface area contributed by atoms with Gasteiger partial charge in [-0.05, 0) is 35.9 Å². The maximum atomic E-state index is 13.3. The van der Waals surface area contributed by atoms with Crippen LogP contribution in [0.15, 0.2) is 40.4 Å². The second-order valence-corrected chi connectivity index (χ2v) is 6.54. The number of alkyl halides is 4. The molecule has 0 amide bonds. The molecule has 0 saturated carbocycles. The van der Waals surface area contributed by atoms with Crippen molar-refractivity contribution in [3.63, 3.8) is 0 Å². The zero-order valence-corrected chi connectivity index (χ0v) is 14.0. The predicted molar refractivity (Wildman–Crippen MR) is 86.0 cm³/mol. The van der Waals surface area contributed by atoms with E-state index in [-0.39, 0.29) is 10.6 Å². The lowest BCUT2D eigenvalue weighted by Crippen LogP contribution is -2.21. The highest BCUT2D eigenvalue weighted by atomic mass is 35.5. The molecule has 2 unspecified atom stereocenters. The quantitative estimate of drug-likeness (QED) is 0.602. The summed E-state index contributed by atoms with van der Waals surface area (Å²) in [5.74, 6) is -0.789. The summed E-state index contributed by atoms with van der Waals surface area (Å²) in [6.07, 6.45) is -1.57. The van der Waals surface area contributed by atoms with Crippen molar-refractivity contribution >= 4 is 40.5 Å². The standard InChI is InChI=1S/C15H13Cl3F3N/c1-22(2)9-3-4-11(15(19,20)21)10(7-9)14-12(17)5-8(16)6-13(14)18/h3-7,12,14H,1-2H3. The highest BCUT2D eigenvalue weighted by molar-refractivity contribution is 6.37. The Hall–Kier alpha value is -0.840. The molecule has 0 bridgehead atoms. The summed E-state index contributed by atoms with van der Waals surface area (Å²) in [5.41, 5.74) is -0.0657. The normalized spacial score (nSPS) is 22.2. The highest BCUT2D eigenvalue weighted by Gasteiger charge is 2.38. The van der Waals surface area contributed by atoms with E-state index in [1.165, 1.54) is 24.3 Å². The Bertz CT molecular complexity index is 635. The van der Waals surface area contributed by atoms with E-state index >= 15 is 0 Å². The van der Waals surface area contributed by atoms with Crippen LogP contribution in [0.1, 0.15) is 17.0 Å². The Morgan fingerprint density at radius 2 is 1.77 bits per heavy atom. The number of benzene rings is 1. The number of anilines is 1. The van der Waals surface area contributed by atoms with Gasteiger partial charge in [0.25, 0.3) is 0 Å². The van der Waals surface area contributed by atoms with Crippen molar-refractivity contribution in [1.29, 1.82) is 0 Å². The fourth-order valence-electron chi connectivity index (χ4n) is 2.33. The molecule has 0 radical (unpaired) electrons. The van der Waals surface area contributed by atoms with Crippen molar-refractivity contribution in [3.8, 4) is 0 Å². The Labute approximate surface area is 141 Å². The predicted octanol–water partition coefficient (Wildman–Crippen LogP) is 5.72. The zero-order chi connectivity index (χ0) is 16.7. The minimum Gasteiger partial charge on any atom is -0.378 e. The molecule has 22 heavy (non-hydrogen) atoms. The minimum atomic E-state index is -4.49. The molecule has 0 saturated heterocycles. The lowest BCUT2D eigenvalue weighted by molar-refractivity contribution is -0.138. The Morgan fingerprint density at radius 1 is 1.14 bits per heavy atom. The molecule has 1 aliphatic carbocycles. The van der Waals surface area contributed by atoms with Gasteiger partial charge in [0.2, 0.25) is 0 Å². The van der Waals surface area contributed by atoms with E-state index in [9.17, 15) is 13.2 Å². The van der Waals surface area contributed by atoms with Crippen molar-refractivity contribution in [3.05, 3.63) is 51.5 Å². The van der Waals surface area contributed by atoms with Gasteiger partial charge in [0, 0.05) is 35.8 Å². The van der Waals surface area contributed by atoms with Crippen LogP contribution < -0.4 is 4.90 Å². The number of allylic oxidation sites excluding steroid dienone is 4. The first kappa shape index (κ1) is 17.5. The lowest BCUT2D eigenvalue weighted by atomic mass is 9.87. The van der Waals surface area contributed by atoms with Crippen LogP contribution >= 0.6 is 34.8 Å². The Kier molecular flexibility index (Phi) is 5.05. The number of halogens is 6. The van der Waals surface area contributed by atoms with E-state index < -0.39 is 23.0 Å². The summed E-state index contributed by atoms with van der Waals surface area (Å²) in [6, 6.07) is 3.93. The summed E-state index contributed by atoms with van der Waals surface area (Å²) in [7, 11) is 3.50. The van der Waals surface area contributed by atoms with Crippen molar-refractivity contribution in [2.24, 2.45) is 0 Å². The van der Waals surface area contributed by atoms with Crippen LogP contribution in [0.5, 0.6) is 0 Å². The summed E-state index contributed by atoms with van der Waals surface area (Å²) >= 11 is 18.2. The lowest BCUT2D eigenvalue weighted by Gasteiger charge is -2.28. The molecule has 7 heteroatoms. The maximum Gasteiger partial charge on any atom is 0.416 e. The topological polar surface area (TPSA) is 3.24 Å². The second-order valence-electron chi connectivity index (χ2n) is 5.17. The molecular formula is C15H13Cl3F3N. The van der Waals surface area contributed by atoms with Gasteiger partial charge in [-0.2, -0.15) is 13.2 Å². The first-order valence-corrected chi connectivity index (χ1v) is 7.57. The first-order chi connectivity index (χ1) is 10.1. The fraction of sp³-hybridized carbons (Fsp3) is 0.333. The molecular weight excluding hydrogens is 358 g/mol. The van der Waals surface area contributed by atoms with Gasteiger partial charge in [0.15, 0.2) is 0 Å². The summed E-state index contributed by atoms with van der Waals surface area (Å²) in [6.45, 7) is 0. The van der Waals surface area contributed by atoms with E-state index in [2.05, 4.69) is 0 Å². The third-order valence-electron chi connectivity index (χ3n) is 3.40. The van der Waals surface area contributed by atoms with Crippen molar-refractivity contribution in [1.82, 2.24) is 0 Å². The van der Waals surface area contributed by atoms with Gasteiger partial charge in [0.05, 0.1) is 10.9 Å². The monoisotopic (exact) mass is 369 g/mol. The van der Waals surface area contributed by atoms with Crippen molar-refractivity contribution in [2.45, 2.75) is 17.5 Å². The molecule has 2 atom stereocenters. The van der Waals surface area contributed by atoms with Gasteiger partial charge in [-0.1, -0.05) is 23.2 Å². The molecule has 2 rings (SSSR count). The zero-order valence-electron chi connectivity index (χ0n) is 11.8. The molecule has 0 fully saturated rings. The van der Waals surface area contributed by atoms with Crippen LogP contribution in [-0.2, 0) is 6.18 Å². The van der Waals surface area contributed by atoms with Crippen LogP contribution in [0.3, 0.4) is 0 Å². The smallest absolute Gasteiger partial charge is 0.378 e. The molecule has 0 aliphatic heterocycles. The van der Waals surface area contributed by atoms with E-state index in [4.69, 9.17) is 34.8 Å². The van der Waals surface area contributed by atoms with Gasteiger partial charge in [-0.25, -0.2) is 0 Å². The average molecular weight is 371 g/mol. The van der Waals surface area contributed by atoms with Gasteiger partial charge in [-0.15, -0.1) is 11.6 Å². The summed E-state index contributed by atoms with van der Waals surface area (Å²) < 4.78 is 39.9. The molecule has 1 aliphatic rings. The number of nitrogens with zero attached hydrogens (tertiary/aromatic N) is 1. The van der Waals surface area contributed by atoms with E-state index in [0.717, 1.165) is 6.07 Å². The fourth-order valence-corrected chi connectivity index (χ4v) is 3.55. The van der Waals surface area contributed by atoms with Gasteiger partial charge >= 0.3 is 6.18 Å². The van der Waals surface area contributed by atoms with E-state index in [0.29, 0.717) is 10.7 Å².